The van der Waals surface area contributed by atoms with Gasteiger partial charge in [-0.3, -0.25) is 14.8 Å². The topological polar surface area (TPSA) is 128 Å². The number of aryl methyl sites for hydroxylation is 1. The predicted octanol–water partition coefficient (Wildman–Crippen LogP) is 1.74. The number of thiazole rings is 1. The highest BCUT2D eigenvalue weighted by molar-refractivity contribution is 7.94. The summed E-state index contributed by atoms with van der Waals surface area (Å²) in [4.78, 5) is 13.8. The molecule has 0 aliphatic rings. The normalized spacial score (nSPS) is 11.2. The molecule has 0 amide bonds. The number of nitro groups is 1. The van der Waals surface area contributed by atoms with Crippen molar-refractivity contribution in [2.45, 2.75) is 11.1 Å². The van der Waals surface area contributed by atoms with Crippen LogP contribution in [0.1, 0.15) is 5.69 Å². The van der Waals surface area contributed by atoms with Crippen LogP contribution in [0.3, 0.4) is 0 Å². The van der Waals surface area contributed by atoms with E-state index in [-0.39, 0.29) is 20.7 Å². The van der Waals surface area contributed by atoms with Gasteiger partial charge in [-0.2, -0.15) is 0 Å². The maximum absolute atomic E-state index is 12.1. The van der Waals surface area contributed by atoms with Crippen molar-refractivity contribution in [1.29, 1.82) is 0 Å². The number of sulfonamides is 1. The van der Waals surface area contributed by atoms with Crippen molar-refractivity contribution < 1.29 is 13.3 Å². The molecule has 0 radical (unpaired) electrons. The summed E-state index contributed by atoms with van der Waals surface area (Å²) in [6.45, 7) is 1.54. The van der Waals surface area contributed by atoms with E-state index < -0.39 is 14.9 Å². The smallest absolute Gasteiger partial charge is 0.273 e. The molecule has 0 bridgehead atoms. The standard InChI is InChI=1S/C10H10N4O4S2/c1-6-9(19-10(11)12-6)20(17,18)13-7-2-4-8(5-3-7)14(15)16/h2-5,13H,1H3,(H2,11,12). The van der Waals surface area contributed by atoms with Crippen LogP contribution < -0.4 is 10.5 Å². The third-order valence-corrected chi connectivity index (χ3v) is 5.32. The average Bonchev–Trinajstić information content (AvgIpc) is 2.69. The molecular weight excluding hydrogens is 304 g/mol. The Bertz CT molecular complexity index is 752. The minimum atomic E-state index is -3.80. The van der Waals surface area contributed by atoms with Gasteiger partial charge >= 0.3 is 0 Å². The number of nitrogen functional groups attached to an aromatic ring is 1. The summed E-state index contributed by atoms with van der Waals surface area (Å²) in [6, 6.07) is 5.06. The van der Waals surface area contributed by atoms with Gasteiger partial charge in [0.25, 0.3) is 15.7 Å². The fourth-order valence-electron chi connectivity index (χ4n) is 1.50. The molecule has 1 heterocycles. The lowest BCUT2D eigenvalue weighted by atomic mass is 10.3. The second-order valence-electron chi connectivity index (χ2n) is 3.83. The molecule has 10 heteroatoms. The van der Waals surface area contributed by atoms with Crippen LogP contribution in [0, 0.1) is 17.0 Å². The summed E-state index contributed by atoms with van der Waals surface area (Å²) in [5.74, 6) is 0. The van der Waals surface area contributed by atoms with Crippen LogP contribution in [0.4, 0.5) is 16.5 Å². The zero-order valence-corrected chi connectivity index (χ0v) is 11.9. The second kappa shape index (κ2) is 5.06. The first kappa shape index (κ1) is 14.2. The van der Waals surface area contributed by atoms with E-state index in [2.05, 4.69) is 9.71 Å². The highest BCUT2D eigenvalue weighted by Gasteiger charge is 2.21. The summed E-state index contributed by atoms with van der Waals surface area (Å²) in [5.41, 5.74) is 5.87. The number of aromatic nitrogens is 1. The first-order valence-electron chi connectivity index (χ1n) is 5.30. The van der Waals surface area contributed by atoms with Gasteiger partial charge in [-0.15, -0.1) is 0 Å². The molecule has 0 saturated heterocycles. The van der Waals surface area contributed by atoms with Gasteiger partial charge in [-0.05, 0) is 19.1 Å². The molecule has 20 heavy (non-hydrogen) atoms. The Labute approximate surface area is 118 Å². The van der Waals surface area contributed by atoms with Gasteiger partial charge in [0.2, 0.25) is 0 Å². The molecule has 0 aliphatic heterocycles. The van der Waals surface area contributed by atoms with Crippen LogP contribution in [-0.2, 0) is 10.0 Å². The average molecular weight is 314 g/mol. The molecule has 1 aromatic carbocycles. The SMILES string of the molecule is Cc1nc(N)sc1S(=O)(=O)Nc1ccc([N+](=O)[O-])cc1. The van der Waals surface area contributed by atoms with Gasteiger partial charge in [-0.1, -0.05) is 11.3 Å². The molecule has 8 nitrogen and oxygen atoms in total. The van der Waals surface area contributed by atoms with E-state index in [0.29, 0.717) is 5.69 Å². The number of nitrogens with two attached hydrogens (primary N) is 1. The van der Waals surface area contributed by atoms with Crippen molar-refractivity contribution in [3.63, 3.8) is 0 Å². The van der Waals surface area contributed by atoms with Crippen LogP contribution in [0.5, 0.6) is 0 Å². The Morgan fingerprint density at radius 3 is 2.40 bits per heavy atom. The van der Waals surface area contributed by atoms with Crippen molar-refractivity contribution in [2.24, 2.45) is 0 Å². The minimum Gasteiger partial charge on any atom is -0.375 e. The van der Waals surface area contributed by atoms with E-state index in [9.17, 15) is 18.5 Å². The molecule has 0 unspecified atom stereocenters. The van der Waals surface area contributed by atoms with E-state index in [1.54, 1.807) is 0 Å². The largest absolute Gasteiger partial charge is 0.375 e. The Balaban J connectivity index is 2.28. The number of benzene rings is 1. The Hall–Kier alpha value is -2.20. The summed E-state index contributed by atoms with van der Waals surface area (Å²) >= 11 is 0.857. The number of non-ortho nitro benzene ring substituents is 1. The summed E-state index contributed by atoms with van der Waals surface area (Å²) in [5, 5.41) is 10.7. The van der Waals surface area contributed by atoms with Crippen molar-refractivity contribution in [3.8, 4) is 0 Å². The van der Waals surface area contributed by atoms with Crippen LogP contribution >= 0.6 is 11.3 Å². The van der Waals surface area contributed by atoms with Gasteiger partial charge in [0.1, 0.15) is 0 Å². The second-order valence-corrected chi connectivity index (χ2v) is 6.74. The lowest BCUT2D eigenvalue weighted by molar-refractivity contribution is -0.384. The molecule has 106 valence electrons. The maximum Gasteiger partial charge on any atom is 0.273 e. The summed E-state index contributed by atoms with van der Waals surface area (Å²) in [7, 11) is -3.80. The molecule has 2 aromatic rings. The molecule has 0 spiro atoms. The van der Waals surface area contributed by atoms with Gasteiger partial charge in [0.05, 0.1) is 10.6 Å². The van der Waals surface area contributed by atoms with Crippen LogP contribution in [0.2, 0.25) is 0 Å². The maximum atomic E-state index is 12.1. The third kappa shape index (κ3) is 2.86. The number of rotatable bonds is 4. The van der Waals surface area contributed by atoms with Gasteiger partial charge in [0, 0.05) is 17.8 Å². The predicted molar refractivity (Wildman–Crippen MR) is 75.2 cm³/mol. The minimum absolute atomic E-state index is 0.0216. The number of nitrogens with zero attached hydrogens (tertiary/aromatic N) is 2. The number of nitro benzene ring substituents is 1. The monoisotopic (exact) mass is 314 g/mol. The molecule has 3 N–H and O–H groups in total. The number of anilines is 2. The fraction of sp³-hybridized carbons (Fsp3) is 0.100. The zero-order valence-electron chi connectivity index (χ0n) is 10.2. The Morgan fingerprint density at radius 1 is 1.35 bits per heavy atom. The number of hydrogen-bond acceptors (Lipinski definition) is 7. The van der Waals surface area contributed by atoms with E-state index >= 15 is 0 Å². The fourth-order valence-corrected chi connectivity index (χ4v) is 3.86. The van der Waals surface area contributed by atoms with Crippen LogP contribution in [-0.4, -0.2) is 18.3 Å². The van der Waals surface area contributed by atoms with Gasteiger partial charge in [0.15, 0.2) is 9.34 Å². The van der Waals surface area contributed by atoms with Crippen LogP contribution in [0.25, 0.3) is 0 Å². The van der Waals surface area contributed by atoms with Gasteiger partial charge < -0.3 is 5.73 Å². The molecule has 0 fully saturated rings. The Kier molecular flexibility index (Phi) is 3.59. The number of nitrogens with one attached hydrogen (secondary N) is 1. The van der Waals surface area contributed by atoms with Crippen molar-refractivity contribution >= 4 is 37.9 Å². The summed E-state index contributed by atoms with van der Waals surface area (Å²) in [6.07, 6.45) is 0. The molecule has 2 rings (SSSR count). The first-order valence-corrected chi connectivity index (χ1v) is 7.60. The highest BCUT2D eigenvalue weighted by atomic mass is 32.2. The van der Waals surface area contributed by atoms with E-state index in [4.69, 9.17) is 5.73 Å². The lowest BCUT2D eigenvalue weighted by Crippen LogP contribution is -2.12. The lowest BCUT2D eigenvalue weighted by Gasteiger charge is -2.06. The van der Waals surface area contributed by atoms with Crippen LogP contribution in [0.15, 0.2) is 28.5 Å². The van der Waals surface area contributed by atoms with E-state index in [0.717, 1.165) is 11.3 Å². The molecular formula is C10H10N4O4S2. The molecule has 0 saturated carbocycles. The van der Waals surface area contributed by atoms with Crippen molar-refractivity contribution in [1.82, 2.24) is 4.98 Å². The van der Waals surface area contributed by atoms with Crippen molar-refractivity contribution in [3.05, 3.63) is 40.1 Å². The quantitative estimate of drug-likeness (QED) is 0.653. The van der Waals surface area contributed by atoms with E-state index in [1.165, 1.54) is 31.2 Å². The molecule has 1 aromatic heterocycles. The van der Waals surface area contributed by atoms with E-state index in [1.807, 2.05) is 0 Å². The molecule has 0 aliphatic carbocycles. The summed E-state index contributed by atoms with van der Waals surface area (Å²) < 4.78 is 26.6. The van der Waals surface area contributed by atoms with Crippen molar-refractivity contribution in [2.75, 3.05) is 10.5 Å². The van der Waals surface area contributed by atoms with Gasteiger partial charge in [-0.25, -0.2) is 13.4 Å². The Morgan fingerprint density at radius 2 is 1.95 bits per heavy atom. The molecule has 0 atom stereocenters. The third-order valence-electron chi connectivity index (χ3n) is 2.34. The zero-order chi connectivity index (χ0) is 14.9. The highest BCUT2D eigenvalue weighted by Crippen LogP contribution is 2.27. The first-order chi connectivity index (χ1) is 9.29. The number of hydrogen-bond donors (Lipinski definition) is 2.